The SMILES string of the molecule is Cc1cccc(S(=O)(=O)c2ccc3oc4c(c3c2)C2CCC(C4)N2)c1.Cl. The van der Waals surface area contributed by atoms with E-state index in [1.165, 1.54) is 0 Å². The second-order valence-electron chi connectivity index (χ2n) is 7.11. The Kier molecular flexibility index (Phi) is 4.14. The summed E-state index contributed by atoms with van der Waals surface area (Å²) in [6, 6.07) is 13.1. The molecule has 2 aliphatic rings. The fourth-order valence-corrected chi connectivity index (χ4v) is 5.59. The minimum absolute atomic E-state index is 0. The van der Waals surface area contributed by atoms with Gasteiger partial charge in [0.25, 0.3) is 0 Å². The van der Waals surface area contributed by atoms with E-state index in [4.69, 9.17) is 4.42 Å². The first-order chi connectivity index (χ1) is 12.0. The van der Waals surface area contributed by atoms with Crippen LogP contribution in [0.15, 0.2) is 56.7 Å². The van der Waals surface area contributed by atoms with Gasteiger partial charge in [0.05, 0.1) is 9.79 Å². The smallest absolute Gasteiger partial charge is 0.206 e. The van der Waals surface area contributed by atoms with Crippen LogP contribution in [0.1, 0.15) is 35.8 Å². The van der Waals surface area contributed by atoms with Crippen LogP contribution in [-0.4, -0.2) is 14.5 Å². The Labute approximate surface area is 158 Å². The molecule has 1 fully saturated rings. The minimum Gasteiger partial charge on any atom is -0.461 e. The summed E-state index contributed by atoms with van der Waals surface area (Å²) in [5.74, 6) is 1.02. The number of sulfone groups is 1. The molecular formula is C20H20ClNO3S. The van der Waals surface area contributed by atoms with Gasteiger partial charge < -0.3 is 9.73 Å². The molecule has 1 saturated heterocycles. The molecule has 0 spiro atoms. The van der Waals surface area contributed by atoms with Crippen molar-refractivity contribution in [1.82, 2.24) is 5.32 Å². The Bertz CT molecular complexity index is 1100. The van der Waals surface area contributed by atoms with E-state index in [-0.39, 0.29) is 18.4 Å². The van der Waals surface area contributed by atoms with Gasteiger partial charge in [-0.05, 0) is 55.7 Å². The van der Waals surface area contributed by atoms with Crippen molar-refractivity contribution in [1.29, 1.82) is 0 Å². The predicted octanol–water partition coefficient (Wildman–Crippen LogP) is 4.35. The molecule has 0 amide bonds. The van der Waals surface area contributed by atoms with Crippen molar-refractivity contribution in [3.63, 3.8) is 0 Å². The fraction of sp³-hybridized carbons (Fsp3) is 0.300. The van der Waals surface area contributed by atoms with E-state index in [0.29, 0.717) is 15.8 Å². The molecule has 2 atom stereocenters. The summed E-state index contributed by atoms with van der Waals surface area (Å²) in [6.45, 7) is 1.90. The summed E-state index contributed by atoms with van der Waals surface area (Å²) in [4.78, 5) is 0.664. The molecule has 3 aromatic rings. The molecule has 2 unspecified atom stereocenters. The van der Waals surface area contributed by atoms with Gasteiger partial charge in [0.1, 0.15) is 11.3 Å². The third-order valence-electron chi connectivity index (χ3n) is 5.41. The number of rotatable bonds is 2. The largest absolute Gasteiger partial charge is 0.461 e. The van der Waals surface area contributed by atoms with Gasteiger partial charge in [-0.25, -0.2) is 8.42 Å². The summed E-state index contributed by atoms with van der Waals surface area (Å²) >= 11 is 0. The molecule has 2 aliphatic heterocycles. The lowest BCUT2D eigenvalue weighted by atomic mass is 9.99. The number of aryl methyl sites for hydroxylation is 1. The third-order valence-corrected chi connectivity index (χ3v) is 7.15. The molecule has 0 radical (unpaired) electrons. The summed E-state index contributed by atoms with van der Waals surface area (Å²) < 4.78 is 32.1. The molecule has 2 aromatic carbocycles. The summed E-state index contributed by atoms with van der Waals surface area (Å²) in [5, 5.41) is 4.54. The van der Waals surface area contributed by atoms with Gasteiger partial charge in [0.2, 0.25) is 9.84 Å². The second-order valence-corrected chi connectivity index (χ2v) is 9.06. The molecule has 136 valence electrons. The van der Waals surface area contributed by atoms with Crippen LogP contribution in [0.25, 0.3) is 11.0 Å². The number of hydrogen-bond acceptors (Lipinski definition) is 4. The van der Waals surface area contributed by atoms with Crippen molar-refractivity contribution in [3.05, 3.63) is 59.4 Å². The molecule has 5 rings (SSSR count). The number of benzene rings is 2. The maximum atomic E-state index is 13.0. The van der Waals surface area contributed by atoms with E-state index in [1.54, 1.807) is 36.4 Å². The summed E-state index contributed by atoms with van der Waals surface area (Å²) in [5.41, 5.74) is 2.87. The molecule has 6 heteroatoms. The van der Waals surface area contributed by atoms with Gasteiger partial charge in [-0.1, -0.05) is 12.1 Å². The number of fused-ring (bicyclic) bond motifs is 6. The van der Waals surface area contributed by atoms with E-state index in [9.17, 15) is 8.42 Å². The first-order valence-electron chi connectivity index (χ1n) is 8.65. The molecule has 1 aromatic heterocycles. The highest BCUT2D eigenvalue weighted by Crippen LogP contribution is 2.42. The van der Waals surface area contributed by atoms with Crippen LogP contribution in [-0.2, 0) is 16.3 Å². The molecular weight excluding hydrogens is 370 g/mol. The van der Waals surface area contributed by atoms with Gasteiger partial charge in [-0.15, -0.1) is 12.4 Å². The maximum Gasteiger partial charge on any atom is 0.206 e. The topological polar surface area (TPSA) is 59.3 Å². The lowest BCUT2D eigenvalue weighted by Crippen LogP contribution is -2.30. The average molecular weight is 390 g/mol. The zero-order valence-electron chi connectivity index (χ0n) is 14.4. The molecule has 3 heterocycles. The number of furan rings is 1. The van der Waals surface area contributed by atoms with E-state index in [1.807, 2.05) is 13.0 Å². The van der Waals surface area contributed by atoms with Crippen LogP contribution in [0, 0.1) is 6.92 Å². The normalized spacial score (nSPS) is 21.4. The molecule has 26 heavy (non-hydrogen) atoms. The van der Waals surface area contributed by atoms with Crippen LogP contribution in [0.3, 0.4) is 0 Å². The van der Waals surface area contributed by atoms with Crippen LogP contribution in [0.2, 0.25) is 0 Å². The number of hydrogen-bond donors (Lipinski definition) is 1. The first kappa shape index (κ1) is 17.6. The van der Waals surface area contributed by atoms with Crippen molar-refractivity contribution in [2.45, 2.75) is 48.1 Å². The Morgan fingerprint density at radius 2 is 1.88 bits per heavy atom. The van der Waals surface area contributed by atoms with Crippen molar-refractivity contribution in [3.8, 4) is 0 Å². The van der Waals surface area contributed by atoms with Gasteiger partial charge >= 0.3 is 0 Å². The van der Waals surface area contributed by atoms with Crippen LogP contribution in [0.5, 0.6) is 0 Å². The lowest BCUT2D eigenvalue weighted by molar-refractivity contribution is 0.441. The fourth-order valence-electron chi connectivity index (χ4n) is 4.20. The van der Waals surface area contributed by atoms with Gasteiger partial charge in [0, 0.05) is 29.5 Å². The predicted molar refractivity (Wildman–Crippen MR) is 103 cm³/mol. The third kappa shape index (κ3) is 2.57. The Hall–Kier alpha value is -1.82. The van der Waals surface area contributed by atoms with Crippen molar-refractivity contribution < 1.29 is 12.8 Å². The van der Waals surface area contributed by atoms with Crippen molar-refractivity contribution >= 4 is 33.2 Å². The standard InChI is InChI=1S/C20H19NO3S.ClH/c1-12-3-2-4-14(9-12)25(22,23)15-6-8-18-16(11-15)20-17-7-5-13(21-17)10-19(20)24-18;/h2-4,6,8-9,11,13,17,21H,5,7,10H2,1H3;1H. The van der Waals surface area contributed by atoms with Crippen molar-refractivity contribution in [2.24, 2.45) is 0 Å². The number of halogens is 1. The van der Waals surface area contributed by atoms with Gasteiger partial charge in [-0.2, -0.15) is 0 Å². The van der Waals surface area contributed by atoms with Gasteiger partial charge in [0.15, 0.2) is 0 Å². The first-order valence-corrected chi connectivity index (χ1v) is 10.1. The van der Waals surface area contributed by atoms with E-state index < -0.39 is 9.84 Å². The van der Waals surface area contributed by atoms with E-state index in [0.717, 1.165) is 47.1 Å². The monoisotopic (exact) mass is 389 g/mol. The van der Waals surface area contributed by atoms with E-state index in [2.05, 4.69) is 5.32 Å². The highest BCUT2D eigenvalue weighted by atomic mass is 35.5. The molecule has 2 bridgehead atoms. The van der Waals surface area contributed by atoms with Crippen molar-refractivity contribution in [2.75, 3.05) is 0 Å². The maximum absolute atomic E-state index is 13.0. The van der Waals surface area contributed by atoms with Crippen LogP contribution in [0.4, 0.5) is 0 Å². The minimum atomic E-state index is -3.53. The van der Waals surface area contributed by atoms with E-state index >= 15 is 0 Å². The Morgan fingerprint density at radius 3 is 2.69 bits per heavy atom. The molecule has 0 aliphatic carbocycles. The second kappa shape index (κ2) is 6.12. The molecule has 0 saturated carbocycles. The lowest BCUT2D eigenvalue weighted by Gasteiger charge is -2.20. The zero-order valence-corrected chi connectivity index (χ0v) is 16.0. The Balaban J connectivity index is 0.00000168. The average Bonchev–Trinajstić information content (AvgIpc) is 3.15. The van der Waals surface area contributed by atoms with Crippen LogP contribution >= 0.6 is 12.4 Å². The highest BCUT2D eigenvalue weighted by Gasteiger charge is 2.36. The summed E-state index contributed by atoms with van der Waals surface area (Å²) in [6.07, 6.45) is 3.12. The number of nitrogens with one attached hydrogen (secondary N) is 1. The van der Waals surface area contributed by atoms with Gasteiger partial charge in [-0.3, -0.25) is 0 Å². The highest BCUT2D eigenvalue weighted by molar-refractivity contribution is 7.91. The molecule has 4 nitrogen and oxygen atoms in total. The zero-order chi connectivity index (χ0) is 17.2. The summed E-state index contributed by atoms with van der Waals surface area (Å²) in [7, 11) is -3.53. The van der Waals surface area contributed by atoms with Crippen LogP contribution < -0.4 is 5.32 Å². The quantitative estimate of drug-likeness (QED) is 0.708. The molecule has 1 N–H and O–H groups in total. The Morgan fingerprint density at radius 1 is 1.08 bits per heavy atom.